The smallest absolute Gasteiger partial charge is 0.225 e. The van der Waals surface area contributed by atoms with Crippen molar-refractivity contribution < 1.29 is 0 Å². The summed E-state index contributed by atoms with van der Waals surface area (Å²) in [5.74, 6) is 0.871. The summed E-state index contributed by atoms with van der Waals surface area (Å²) in [5.41, 5.74) is 5.53. The normalized spacial score (nSPS) is 17.2. The highest BCUT2D eigenvalue weighted by molar-refractivity contribution is 14.1. The topological polar surface area (TPSA) is 58.3 Å². The molecule has 0 bridgehead atoms. The van der Waals surface area contributed by atoms with Crippen molar-refractivity contribution >= 4 is 28.5 Å². The van der Waals surface area contributed by atoms with Crippen LogP contribution in [0.5, 0.6) is 0 Å². The molecule has 1 fully saturated rings. The van der Waals surface area contributed by atoms with Crippen LogP contribution in [0.2, 0.25) is 0 Å². The Morgan fingerprint density at radius 3 is 2.60 bits per heavy atom. The van der Waals surface area contributed by atoms with Gasteiger partial charge < -0.3 is 15.5 Å². The van der Waals surface area contributed by atoms with Gasteiger partial charge in [0.1, 0.15) is 0 Å². The number of hydrogen-bond acceptors (Lipinski definition) is 5. The van der Waals surface area contributed by atoms with Gasteiger partial charge in [-0.1, -0.05) is 6.42 Å². The van der Waals surface area contributed by atoms with E-state index < -0.39 is 0 Å². The van der Waals surface area contributed by atoms with E-state index in [1.54, 1.807) is 0 Å². The first-order chi connectivity index (χ1) is 9.79. The Morgan fingerprint density at radius 2 is 1.85 bits per heavy atom. The second-order valence-corrected chi connectivity index (χ2v) is 6.48. The minimum absolute atomic E-state index is 0.817. The molecule has 112 valence electrons. The Bertz CT molecular complexity index is 384. The molecule has 1 aliphatic heterocycles. The minimum Gasteiger partial charge on any atom is -0.339 e. The fraction of sp³-hybridized carbons (Fsp3) is 0.714. The van der Waals surface area contributed by atoms with Gasteiger partial charge in [-0.2, -0.15) is 0 Å². The number of anilines is 1. The summed E-state index contributed by atoms with van der Waals surface area (Å²) in [6, 6.07) is 0. The van der Waals surface area contributed by atoms with E-state index in [0.29, 0.717) is 0 Å². The summed E-state index contributed by atoms with van der Waals surface area (Å²) < 4.78 is 1.09. The molecule has 0 radical (unpaired) electrons. The Morgan fingerprint density at radius 1 is 1.05 bits per heavy atom. The maximum atomic E-state index is 5.53. The van der Waals surface area contributed by atoms with Gasteiger partial charge in [-0.05, 0) is 61.5 Å². The quantitative estimate of drug-likeness (QED) is 0.593. The molecule has 20 heavy (non-hydrogen) atoms. The molecule has 0 aliphatic carbocycles. The molecule has 1 aromatic heterocycles. The average Bonchev–Trinajstić information content (AvgIpc) is 2.70. The minimum atomic E-state index is 0.817. The van der Waals surface area contributed by atoms with E-state index in [2.05, 4.69) is 42.4 Å². The zero-order valence-electron chi connectivity index (χ0n) is 12.0. The van der Waals surface area contributed by atoms with Crippen molar-refractivity contribution in [3.05, 3.63) is 16.0 Å². The maximum absolute atomic E-state index is 5.53. The predicted molar refractivity (Wildman–Crippen MR) is 90.9 cm³/mol. The van der Waals surface area contributed by atoms with Gasteiger partial charge in [0.15, 0.2) is 0 Å². The van der Waals surface area contributed by atoms with Crippen LogP contribution < -0.4 is 10.6 Å². The number of nitrogens with two attached hydrogens (primary N) is 1. The van der Waals surface area contributed by atoms with E-state index >= 15 is 0 Å². The molecule has 2 rings (SSSR count). The Labute approximate surface area is 135 Å². The molecule has 1 aliphatic rings. The van der Waals surface area contributed by atoms with Gasteiger partial charge in [0, 0.05) is 35.6 Å². The molecule has 6 heteroatoms. The molecular formula is C14H24IN5. The van der Waals surface area contributed by atoms with Gasteiger partial charge in [0.05, 0.1) is 0 Å². The van der Waals surface area contributed by atoms with Crippen LogP contribution in [0.1, 0.15) is 25.7 Å². The molecule has 2 N–H and O–H groups in total. The lowest BCUT2D eigenvalue weighted by atomic mass is 10.2. The van der Waals surface area contributed by atoms with Crippen LogP contribution in [0.25, 0.3) is 0 Å². The number of halogens is 1. The van der Waals surface area contributed by atoms with Crippen LogP contribution in [-0.2, 0) is 0 Å². The van der Waals surface area contributed by atoms with E-state index in [-0.39, 0.29) is 0 Å². The predicted octanol–water partition coefficient (Wildman–Crippen LogP) is 1.72. The van der Waals surface area contributed by atoms with E-state index in [4.69, 9.17) is 5.73 Å². The fourth-order valence-electron chi connectivity index (χ4n) is 2.52. The second kappa shape index (κ2) is 8.74. The van der Waals surface area contributed by atoms with Crippen molar-refractivity contribution in [1.29, 1.82) is 0 Å². The van der Waals surface area contributed by atoms with Crippen molar-refractivity contribution in [2.24, 2.45) is 5.73 Å². The second-order valence-electron chi connectivity index (χ2n) is 5.23. The van der Waals surface area contributed by atoms with Gasteiger partial charge in [-0.3, -0.25) is 0 Å². The molecule has 1 saturated heterocycles. The third-order valence-electron chi connectivity index (χ3n) is 3.66. The van der Waals surface area contributed by atoms with Crippen molar-refractivity contribution in [3.63, 3.8) is 0 Å². The fourth-order valence-corrected chi connectivity index (χ4v) is 2.80. The van der Waals surface area contributed by atoms with Gasteiger partial charge in [-0.15, -0.1) is 0 Å². The summed E-state index contributed by atoms with van der Waals surface area (Å²) in [6.07, 6.45) is 8.62. The van der Waals surface area contributed by atoms with Gasteiger partial charge in [0.2, 0.25) is 5.95 Å². The first-order valence-corrected chi connectivity index (χ1v) is 8.52. The lowest BCUT2D eigenvalue weighted by Gasteiger charge is -2.21. The zero-order valence-corrected chi connectivity index (χ0v) is 14.1. The third kappa shape index (κ3) is 5.14. The zero-order chi connectivity index (χ0) is 14.2. The number of hydrogen-bond donors (Lipinski definition) is 1. The van der Waals surface area contributed by atoms with Crippen molar-refractivity contribution in [2.75, 3.05) is 44.2 Å². The van der Waals surface area contributed by atoms with E-state index in [1.807, 2.05) is 12.4 Å². The first kappa shape index (κ1) is 15.9. The summed E-state index contributed by atoms with van der Waals surface area (Å²) in [6.45, 7) is 6.39. The van der Waals surface area contributed by atoms with E-state index in [9.17, 15) is 0 Å². The standard InChI is InChI=1S/C14H24IN5/c15-13-11-17-14(18-12-13)20-8-4-7-19(9-10-20)6-3-1-2-5-16/h11-12H,1-10,16H2. The van der Waals surface area contributed by atoms with Crippen LogP contribution in [0, 0.1) is 3.57 Å². The summed E-state index contributed by atoms with van der Waals surface area (Å²) in [4.78, 5) is 13.7. The summed E-state index contributed by atoms with van der Waals surface area (Å²) in [5, 5.41) is 0. The largest absolute Gasteiger partial charge is 0.339 e. The SMILES string of the molecule is NCCCCCN1CCCN(c2ncc(I)cn2)CC1. The number of aromatic nitrogens is 2. The summed E-state index contributed by atoms with van der Waals surface area (Å²) in [7, 11) is 0. The van der Waals surface area contributed by atoms with Crippen LogP contribution >= 0.6 is 22.6 Å². The lowest BCUT2D eigenvalue weighted by Crippen LogP contribution is -2.32. The molecule has 0 amide bonds. The highest BCUT2D eigenvalue weighted by Crippen LogP contribution is 2.12. The number of nitrogens with zero attached hydrogens (tertiary/aromatic N) is 4. The van der Waals surface area contributed by atoms with Crippen molar-refractivity contribution in [1.82, 2.24) is 14.9 Å². The summed E-state index contributed by atoms with van der Waals surface area (Å²) >= 11 is 2.24. The van der Waals surface area contributed by atoms with Crippen LogP contribution in [0.4, 0.5) is 5.95 Å². The highest BCUT2D eigenvalue weighted by atomic mass is 127. The molecule has 5 nitrogen and oxygen atoms in total. The first-order valence-electron chi connectivity index (χ1n) is 7.44. The Balaban J connectivity index is 1.78. The van der Waals surface area contributed by atoms with E-state index in [0.717, 1.165) is 42.1 Å². The monoisotopic (exact) mass is 389 g/mol. The lowest BCUT2D eigenvalue weighted by molar-refractivity contribution is 0.286. The Kier molecular flexibility index (Phi) is 6.95. The third-order valence-corrected chi connectivity index (χ3v) is 4.21. The average molecular weight is 389 g/mol. The van der Waals surface area contributed by atoms with Gasteiger partial charge in [0.25, 0.3) is 0 Å². The molecule has 0 aromatic carbocycles. The highest BCUT2D eigenvalue weighted by Gasteiger charge is 2.16. The van der Waals surface area contributed by atoms with Gasteiger partial charge >= 0.3 is 0 Å². The van der Waals surface area contributed by atoms with Gasteiger partial charge in [-0.25, -0.2) is 9.97 Å². The molecular weight excluding hydrogens is 365 g/mol. The Hall–Kier alpha value is -0.470. The van der Waals surface area contributed by atoms with Crippen molar-refractivity contribution in [2.45, 2.75) is 25.7 Å². The molecule has 0 unspecified atom stereocenters. The molecule has 0 spiro atoms. The van der Waals surface area contributed by atoms with Crippen LogP contribution in [0.3, 0.4) is 0 Å². The van der Waals surface area contributed by atoms with E-state index in [1.165, 1.54) is 32.4 Å². The number of unbranched alkanes of at least 4 members (excludes halogenated alkanes) is 2. The molecule has 2 heterocycles. The van der Waals surface area contributed by atoms with Crippen molar-refractivity contribution in [3.8, 4) is 0 Å². The number of rotatable bonds is 6. The molecule has 0 atom stereocenters. The molecule has 0 saturated carbocycles. The maximum Gasteiger partial charge on any atom is 0.225 e. The van der Waals surface area contributed by atoms with Crippen LogP contribution in [0.15, 0.2) is 12.4 Å². The molecule has 1 aromatic rings. The van der Waals surface area contributed by atoms with Crippen LogP contribution in [-0.4, -0.2) is 54.1 Å².